The highest BCUT2D eigenvalue weighted by atomic mass is 127. The molecule has 0 aromatic carbocycles. The van der Waals surface area contributed by atoms with E-state index in [-0.39, 0.29) is 35.8 Å². The molecule has 31 heavy (non-hydrogen) atoms. The molecule has 2 heterocycles. The molecule has 2 fully saturated rings. The van der Waals surface area contributed by atoms with Crippen LogP contribution in [0.4, 0.5) is 0 Å². The first-order chi connectivity index (χ1) is 14.2. The standard InChI is InChI=1S/C22H42N6O2.HI/c1-7-24-21(25-16-22(4,5)20(30)23-6)27-10-8-26(9-11-27)15-19(29)28-13-17(2)12-18(3)14-28;/h17-18H,7-16H2,1-6H3,(H,23,30)(H,24,25);1H. The van der Waals surface area contributed by atoms with Gasteiger partial charge in [-0.25, -0.2) is 0 Å². The highest BCUT2D eigenvalue weighted by Gasteiger charge is 2.29. The third-order valence-corrected chi connectivity index (χ3v) is 6.05. The van der Waals surface area contributed by atoms with Crippen LogP contribution in [0.3, 0.4) is 0 Å². The molecule has 0 aromatic heterocycles. The predicted molar refractivity (Wildman–Crippen MR) is 137 cm³/mol. The van der Waals surface area contributed by atoms with Crippen molar-refractivity contribution in [1.82, 2.24) is 25.3 Å². The van der Waals surface area contributed by atoms with E-state index in [1.54, 1.807) is 7.05 Å². The van der Waals surface area contributed by atoms with Gasteiger partial charge in [0.15, 0.2) is 5.96 Å². The number of amides is 2. The second-order valence-electron chi connectivity index (χ2n) is 9.64. The Balaban J connectivity index is 0.00000480. The third kappa shape index (κ3) is 8.40. The van der Waals surface area contributed by atoms with Gasteiger partial charge < -0.3 is 20.4 Å². The molecular formula is C22H43IN6O2. The number of guanidine groups is 1. The van der Waals surface area contributed by atoms with E-state index in [1.165, 1.54) is 6.42 Å². The second-order valence-corrected chi connectivity index (χ2v) is 9.64. The molecule has 0 saturated carbocycles. The molecule has 9 heteroatoms. The topological polar surface area (TPSA) is 80.3 Å². The number of hydrogen-bond donors (Lipinski definition) is 2. The highest BCUT2D eigenvalue weighted by Crippen LogP contribution is 2.21. The van der Waals surface area contributed by atoms with Crippen molar-refractivity contribution in [3.8, 4) is 0 Å². The van der Waals surface area contributed by atoms with Crippen molar-refractivity contribution < 1.29 is 9.59 Å². The fraction of sp³-hybridized carbons (Fsp3) is 0.864. The number of piperazine rings is 1. The highest BCUT2D eigenvalue weighted by molar-refractivity contribution is 14.0. The average molecular weight is 551 g/mol. The van der Waals surface area contributed by atoms with Crippen LogP contribution in [0.2, 0.25) is 0 Å². The molecular weight excluding hydrogens is 507 g/mol. The lowest BCUT2D eigenvalue weighted by Gasteiger charge is -2.39. The molecule has 180 valence electrons. The van der Waals surface area contributed by atoms with Crippen LogP contribution in [0.1, 0.15) is 41.0 Å². The summed E-state index contributed by atoms with van der Waals surface area (Å²) < 4.78 is 0. The van der Waals surface area contributed by atoms with Gasteiger partial charge in [0.25, 0.3) is 0 Å². The van der Waals surface area contributed by atoms with Crippen LogP contribution in [0.25, 0.3) is 0 Å². The van der Waals surface area contributed by atoms with Crippen LogP contribution in [0.15, 0.2) is 4.99 Å². The van der Waals surface area contributed by atoms with Gasteiger partial charge in [-0.15, -0.1) is 24.0 Å². The molecule has 0 bridgehead atoms. The molecule has 2 N–H and O–H groups in total. The zero-order valence-electron chi connectivity index (χ0n) is 20.2. The molecule has 2 amide bonds. The molecule has 8 nitrogen and oxygen atoms in total. The van der Waals surface area contributed by atoms with Crippen LogP contribution >= 0.6 is 24.0 Å². The number of rotatable bonds is 6. The van der Waals surface area contributed by atoms with Gasteiger partial charge in [-0.1, -0.05) is 13.8 Å². The van der Waals surface area contributed by atoms with Crippen molar-refractivity contribution in [3.05, 3.63) is 0 Å². The number of likely N-dealkylation sites (tertiary alicyclic amines) is 1. The largest absolute Gasteiger partial charge is 0.359 e. The Hall–Kier alpha value is -1.10. The minimum absolute atomic E-state index is 0. The maximum Gasteiger partial charge on any atom is 0.236 e. The van der Waals surface area contributed by atoms with E-state index >= 15 is 0 Å². The first-order valence-corrected chi connectivity index (χ1v) is 11.4. The van der Waals surface area contributed by atoms with Gasteiger partial charge in [0.2, 0.25) is 11.8 Å². The van der Waals surface area contributed by atoms with Crippen molar-refractivity contribution in [3.63, 3.8) is 0 Å². The zero-order chi connectivity index (χ0) is 22.3. The van der Waals surface area contributed by atoms with E-state index < -0.39 is 5.41 Å². The molecule has 2 aliphatic heterocycles. The first-order valence-electron chi connectivity index (χ1n) is 11.4. The molecule has 2 unspecified atom stereocenters. The van der Waals surface area contributed by atoms with Gasteiger partial charge >= 0.3 is 0 Å². The lowest BCUT2D eigenvalue weighted by molar-refractivity contribution is -0.135. The average Bonchev–Trinajstić information content (AvgIpc) is 2.70. The number of carbonyl (C=O) groups is 2. The van der Waals surface area contributed by atoms with Gasteiger partial charge in [-0.3, -0.25) is 19.5 Å². The van der Waals surface area contributed by atoms with E-state index in [0.29, 0.717) is 24.9 Å². The molecule has 2 aliphatic rings. The zero-order valence-corrected chi connectivity index (χ0v) is 22.6. The van der Waals surface area contributed by atoms with Crippen molar-refractivity contribution in [2.24, 2.45) is 22.2 Å². The summed E-state index contributed by atoms with van der Waals surface area (Å²) in [6.45, 7) is 17.2. The summed E-state index contributed by atoms with van der Waals surface area (Å²) in [4.78, 5) is 36.1. The molecule has 0 radical (unpaired) electrons. The smallest absolute Gasteiger partial charge is 0.236 e. The van der Waals surface area contributed by atoms with Gasteiger partial charge in [-0.05, 0) is 39.0 Å². The lowest BCUT2D eigenvalue weighted by atomic mass is 9.92. The second kappa shape index (κ2) is 12.8. The fourth-order valence-corrected chi connectivity index (χ4v) is 4.38. The SMILES string of the molecule is CCNC(=NCC(C)(C)C(=O)NC)N1CCN(CC(=O)N2CC(C)CC(C)C2)CC1.I. The van der Waals surface area contributed by atoms with Crippen molar-refractivity contribution >= 4 is 41.8 Å². The van der Waals surface area contributed by atoms with E-state index in [4.69, 9.17) is 4.99 Å². The summed E-state index contributed by atoms with van der Waals surface area (Å²) in [5, 5.41) is 6.06. The number of piperidine rings is 1. The predicted octanol–water partition coefficient (Wildman–Crippen LogP) is 1.46. The molecule has 2 atom stereocenters. The number of halogens is 1. The number of nitrogens with one attached hydrogen (secondary N) is 2. The molecule has 0 aliphatic carbocycles. The Labute approximate surface area is 205 Å². The Kier molecular flexibility index (Phi) is 11.5. The summed E-state index contributed by atoms with van der Waals surface area (Å²) in [6, 6.07) is 0. The van der Waals surface area contributed by atoms with Gasteiger partial charge in [0.05, 0.1) is 18.5 Å². The van der Waals surface area contributed by atoms with Crippen LogP contribution < -0.4 is 10.6 Å². The normalized spacial score (nSPS) is 23.2. The Morgan fingerprint density at radius 2 is 1.61 bits per heavy atom. The Bertz CT molecular complexity index is 609. The van der Waals surface area contributed by atoms with E-state index in [9.17, 15) is 9.59 Å². The van der Waals surface area contributed by atoms with Crippen LogP contribution in [-0.4, -0.2) is 98.4 Å². The van der Waals surface area contributed by atoms with E-state index in [0.717, 1.165) is 51.8 Å². The monoisotopic (exact) mass is 550 g/mol. The van der Waals surface area contributed by atoms with Crippen molar-refractivity contribution in [2.75, 3.05) is 66.0 Å². The van der Waals surface area contributed by atoms with Crippen molar-refractivity contribution in [2.45, 2.75) is 41.0 Å². The lowest BCUT2D eigenvalue weighted by Crippen LogP contribution is -2.55. The Morgan fingerprint density at radius 1 is 1.03 bits per heavy atom. The third-order valence-electron chi connectivity index (χ3n) is 6.05. The van der Waals surface area contributed by atoms with Gasteiger partial charge in [0.1, 0.15) is 0 Å². The van der Waals surface area contributed by atoms with E-state index in [1.807, 2.05) is 13.8 Å². The molecule has 2 rings (SSSR count). The number of carbonyl (C=O) groups excluding carboxylic acids is 2. The molecule has 0 aromatic rings. The minimum Gasteiger partial charge on any atom is -0.359 e. The number of hydrogen-bond acceptors (Lipinski definition) is 4. The van der Waals surface area contributed by atoms with Crippen LogP contribution in [0.5, 0.6) is 0 Å². The summed E-state index contributed by atoms with van der Waals surface area (Å²) in [5.41, 5.74) is -0.549. The Morgan fingerprint density at radius 3 is 2.13 bits per heavy atom. The molecule has 2 saturated heterocycles. The van der Waals surface area contributed by atoms with E-state index in [2.05, 4.69) is 46.1 Å². The maximum absolute atomic E-state index is 12.8. The van der Waals surface area contributed by atoms with Crippen LogP contribution in [-0.2, 0) is 9.59 Å². The minimum atomic E-state index is -0.549. The summed E-state index contributed by atoms with van der Waals surface area (Å²) in [7, 11) is 1.66. The summed E-state index contributed by atoms with van der Waals surface area (Å²) in [6.07, 6.45) is 1.21. The quantitative estimate of drug-likeness (QED) is 0.298. The molecule has 0 spiro atoms. The summed E-state index contributed by atoms with van der Waals surface area (Å²) in [5.74, 6) is 2.28. The van der Waals surface area contributed by atoms with Gasteiger partial charge in [-0.2, -0.15) is 0 Å². The number of aliphatic imine (C=N–C) groups is 1. The number of nitrogens with zero attached hydrogens (tertiary/aromatic N) is 4. The maximum atomic E-state index is 12.8. The van der Waals surface area contributed by atoms with Crippen molar-refractivity contribution in [1.29, 1.82) is 0 Å². The fourth-order valence-electron chi connectivity index (χ4n) is 4.38. The first kappa shape index (κ1) is 27.9. The summed E-state index contributed by atoms with van der Waals surface area (Å²) >= 11 is 0. The van der Waals surface area contributed by atoms with Gasteiger partial charge in [0, 0.05) is 52.9 Å². The van der Waals surface area contributed by atoms with Crippen LogP contribution in [0, 0.1) is 17.3 Å².